The van der Waals surface area contributed by atoms with E-state index in [0.29, 0.717) is 12.0 Å². The molecule has 6 nitrogen and oxygen atoms in total. The van der Waals surface area contributed by atoms with Gasteiger partial charge in [-0.15, -0.1) is 0 Å². The molecule has 3 rings (SSSR count). The van der Waals surface area contributed by atoms with E-state index in [1.54, 1.807) is 13.0 Å². The second-order valence-corrected chi connectivity index (χ2v) is 5.03. The topological polar surface area (TPSA) is 88.4 Å². The third-order valence-electron chi connectivity index (χ3n) is 3.59. The predicted octanol–water partition coefficient (Wildman–Crippen LogP) is 1.28. The van der Waals surface area contributed by atoms with Gasteiger partial charge in [-0.1, -0.05) is 18.2 Å². The molecular formula is C15H14N2O4. The van der Waals surface area contributed by atoms with Gasteiger partial charge < -0.3 is 9.73 Å². The zero-order valence-electron chi connectivity index (χ0n) is 11.4. The molecular weight excluding hydrogens is 272 g/mol. The minimum Gasteiger partial charge on any atom is -0.451 e. The van der Waals surface area contributed by atoms with Crippen molar-refractivity contribution in [2.45, 2.75) is 25.8 Å². The zero-order chi connectivity index (χ0) is 15.0. The monoisotopic (exact) mass is 286 g/mol. The molecule has 0 spiro atoms. The van der Waals surface area contributed by atoms with Gasteiger partial charge in [-0.3, -0.25) is 19.7 Å². The average Bonchev–Trinajstić information content (AvgIpc) is 2.80. The van der Waals surface area contributed by atoms with Crippen LogP contribution in [-0.4, -0.2) is 23.8 Å². The fraction of sp³-hybridized carbons (Fsp3) is 0.267. The number of carbonyl (C=O) groups is 3. The van der Waals surface area contributed by atoms with Crippen LogP contribution in [-0.2, 0) is 9.59 Å². The molecule has 1 aromatic carbocycles. The molecule has 1 unspecified atom stereocenters. The lowest BCUT2D eigenvalue weighted by molar-refractivity contribution is -0.134. The first-order valence-corrected chi connectivity index (χ1v) is 6.69. The molecule has 21 heavy (non-hydrogen) atoms. The molecule has 2 heterocycles. The molecule has 1 aliphatic rings. The first-order chi connectivity index (χ1) is 10.1. The van der Waals surface area contributed by atoms with E-state index in [-0.39, 0.29) is 18.1 Å². The van der Waals surface area contributed by atoms with Crippen LogP contribution in [0.5, 0.6) is 0 Å². The summed E-state index contributed by atoms with van der Waals surface area (Å²) >= 11 is 0. The lowest BCUT2D eigenvalue weighted by atomic mass is 10.1. The Labute approximate surface area is 120 Å². The Bertz CT molecular complexity index is 747. The molecule has 1 aromatic heterocycles. The molecule has 1 saturated heterocycles. The van der Waals surface area contributed by atoms with Gasteiger partial charge in [-0.05, 0) is 19.4 Å². The van der Waals surface area contributed by atoms with Crippen molar-refractivity contribution in [3.63, 3.8) is 0 Å². The molecule has 1 fully saturated rings. The van der Waals surface area contributed by atoms with Gasteiger partial charge in [0.2, 0.25) is 11.8 Å². The summed E-state index contributed by atoms with van der Waals surface area (Å²) in [5.74, 6) is -1.04. The average molecular weight is 286 g/mol. The molecule has 0 saturated carbocycles. The van der Waals surface area contributed by atoms with Gasteiger partial charge in [-0.25, -0.2) is 0 Å². The maximum atomic E-state index is 12.3. The van der Waals surface area contributed by atoms with E-state index in [0.717, 1.165) is 10.9 Å². The molecule has 2 N–H and O–H groups in total. The van der Waals surface area contributed by atoms with E-state index in [1.165, 1.54) is 0 Å². The first kappa shape index (κ1) is 13.4. The van der Waals surface area contributed by atoms with Gasteiger partial charge in [-0.2, -0.15) is 0 Å². The van der Waals surface area contributed by atoms with Crippen molar-refractivity contribution in [2.24, 2.45) is 0 Å². The van der Waals surface area contributed by atoms with Gasteiger partial charge in [0.05, 0.1) is 0 Å². The number of rotatable bonds is 2. The maximum absolute atomic E-state index is 12.3. The molecule has 3 amide bonds. The number of para-hydroxylation sites is 1. The summed E-state index contributed by atoms with van der Waals surface area (Å²) in [7, 11) is 0. The smallest absolute Gasteiger partial charge is 0.287 e. The molecule has 1 aliphatic heterocycles. The summed E-state index contributed by atoms with van der Waals surface area (Å²) in [5.41, 5.74) is 1.36. The first-order valence-electron chi connectivity index (χ1n) is 6.69. The molecule has 0 bridgehead atoms. The van der Waals surface area contributed by atoms with Gasteiger partial charge in [0.1, 0.15) is 11.6 Å². The number of aryl methyl sites for hydroxylation is 1. The van der Waals surface area contributed by atoms with E-state index in [4.69, 9.17) is 4.42 Å². The SMILES string of the molecule is Cc1c(C(=O)NC2CCC(=O)NC2=O)oc2ccccc12. The van der Waals surface area contributed by atoms with Crippen molar-refractivity contribution in [1.82, 2.24) is 10.6 Å². The Morgan fingerprint density at radius 3 is 2.81 bits per heavy atom. The van der Waals surface area contributed by atoms with Crippen LogP contribution in [0.3, 0.4) is 0 Å². The number of imide groups is 1. The minimum atomic E-state index is -0.706. The van der Waals surface area contributed by atoms with E-state index in [1.807, 2.05) is 18.2 Å². The van der Waals surface area contributed by atoms with Crippen molar-refractivity contribution in [3.8, 4) is 0 Å². The maximum Gasteiger partial charge on any atom is 0.287 e. The number of furan rings is 1. The lowest BCUT2D eigenvalue weighted by Crippen LogP contribution is -2.52. The summed E-state index contributed by atoms with van der Waals surface area (Å²) < 4.78 is 5.55. The molecule has 0 aliphatic carbocycles. The second kappa shape index (κ2) is 5.05. The summed E-state index contributed by atoms with van der Waals surface area (Å²) in [5, 5.41) is 5.68. The van der Waals surface area contributed by atoms with Crippen LogP contribution < -0.4 is 10.6 Å². The van der Waals surface area contributed by atoms with Gasteiger partial charge in [0.15, 0.2) is 5.76 Å². The minimum absolute atomic E-state index is 0.195. The number of fused-ring (bicyclic) bond motifs is 1. The number of hydrogen-bond donors (Lipinski definition) is 2. The standard InChI is InChI=1S/C15H14N2O4/c1-8-9-4-2-3-5-11(9)21-13(8)15(20)16-10-6-7-12(18)17-14(10)19/h2-5,10H,6-7H2,1H3,(H,16,20)(H,17,18,19). The van der Waals surface area contributed by atoms with Crippen LogP contribution in [0.4, 0.5) is 0 Å². The van der Waals surface area contributed by atoms with Crippen LogP contribution >= 0.6 is 0 Å². The Morgan fingerprint density at radius 1 is 1.33 bits per heavy atom. The number of piperidine rings is 1. The molecule has 0 radical (unpaired) electrons. The molecule has 1 atom stereocenters. The third kappa shape index (κ3) is 2.40. The van der Waals surface area contributed by atoms with Crippen LogP contribution in [0.1, 0.15) is 29.0 Å². The molecule has 2 aromatic rings. The van der Waals surface area contributed by atoms with Crippen molar-refractivity contribution in [2.75, 3.05) is 0 Å². The van der Waals surface area contributed by atoms with E-state index < -0.39 is 17.9 Å². The van der Waals surface area contributed by atoms with Crippen molar-refractivity contribution >= 4 is 28.7 Å². The fourth-order valence-corrected chi connectivity index (χ4v) is 2.45. The van der Waals surface area contributed by atoms with E-state index >= 15 is 0 Å². The van der Waals surface area contributed by atoms with Crippen molar-refractivity contribution < 1.29 is 18.8 Å². The van der Waals surface area contributed by atoms with Crippen LogP contribution in [0.25, 0.3) is 11.0 Å². The predicted molar refractivity (Wildman–Crippen MR) is 74.6 cm³/mol. The highest BCUT2D eigenvalue weighted by Gasteiger charge is 2.29. The van der Waals surface area contributed by atoms with Crippen molar-refractivity contribution in [1.29, 1.82) is 0 Å². The quantitative estimate of drug-likeness (QED) is 0.814. The lowest BCUT2D eigenvalue weighted by Gasteiger charge is -2.21. The highest BCUT2D eigenvalue weighted by molar-refractivity contribution is 6.04. The number of hydrogen-bond acceptors (Lipinski definition) is 4. The Morgan fingerprint density at radius 2 is 2.10 bits per heavy atom. The Kier molecular flexibility index (Phi) is 3.21. The third-order valence-corrected chi connectivity index (χ3v) is 3.59. The number of benzene rings is 1. The van der Waals surface area contributed by atoms with Gasteiger partial charge >= 0.3 is 0 Å². The van der Waals surface area contributed by atoms with Gasteiger partial charge in [0.25, 0.3) is 5.91 Å². The highest BCUT2D eigenvalue weighted by atomic mass is 16.3. The molecule has 6 heteroatoms. The van der Waals surface area contributed by atoms with Gasteiger partial charge in [0, 0.05) is 17.4 Å². The van der Waals surface area contributed by atoms with E-state index in [2.05, 4.69) is 10.6 Å². The summed E-state index contributed by atoms with van der Waals surface area (Å²) in [6, 6.07) is 6.64. The molecule has 108 valence electrons. The largest absolute Gasteiger partial charge is 0.451 e. The number of carbonyl (C=O) groups excluding carboxylic acids is 3. The summed E-state index contributed by atoms with van der Waals surface area (Å²) in [6.45, 7) is 1.80. The number of amides is 3. The Hall–Kier alpha value is -2.63. The van der Waals surface area contributed by atoms with Crippen LogP contribution in [0, 0.1) is 6.92 Å². The van der Waals surface area contributed by atoms with Crippen LogP contribution in [0.15, 0.2) is 28.7 Å². The summed E-state index contributed by atoms with van der Waals surface area (Å²) in [4.78, 5) is 35.0. The van der Waals surface area contributed by atoms with Crippen molar-refractivity contribution in [3.05, 3.63) is 35.6 Å². The normalized spacial score (nSPS) is 18.6. The van der Waals surface area contributed by atoms with Crippen LogP contribution in [0.2, 0.25) is 0 Å². The summed E-state index contributed by atoms with van der Waals surface area (Å²) in [6.07, 6.45) is 0.519. The van der Waals surface area contributed by atoms with E-state index in [9.17, 15) is 14.4 Å². The highest BCUT2D eigenvalue weighted by Crippen LogP contribution is 2.25. The zero-order valence-corrected chi connectivity index (χ0v) is 11.4. The fourth-order valence-electron chi connectivity index (χ4n) is 2.45. The Balaban J connectivity index is 1.82. The second-order valence-electron chi connectivity index (χ2n) is 5.03. The number of nitrogens with one attached hydrogen (secondary N) is 2.